The summed E-state index contributed by atoms with van der Waals surface area (Å²) >= 11 is 1.33. The van der Waals surface area contributed by atoms with Gasteiger partial charge in [0.25, 0.3) is 0 Å². The molecule has 0 fully saturated rings. The molecule has 0 spiro atoms. The third-order valence-electron chi connectivity index (χ3n) is 3.74. The van der Waals surface area contributed by atoms with Gasteiger partial charge in [-0.05, 0) is 44.9 Å². The van der Waals surface area contributed by atoms with Crippen molar-refractivity contribution >= 4 is 17.7 Å². The number of aryl methyl sites for hydroxylation is 1. The first-order valence-electron chi connectivity index (χ1n) is 8.33. The van der Waals surface area contributed by atoms with Crippen molar-refractivity contribution in [3.05, 3.63) is 35.7 Å². The first-order valence-corrected chi connectivity index (χ1v) is 9.15. The zero-order valence-corrected chi connectivity index (χ0v) is 16.2. The lowest BCUT2D eigenvalue weighted by Gasteiger charge is -2.20. The Bertz CT molecular complexity index is 711. The summed E-state index contributed by atoms with van der Waals surface area (Å²) in [5.41, 5.74) is 1.27. The van der Waals surface area contributed by atoms with Gasteiger partial charge >= 0.3 is 5.97 Å². The van der Waals surface area contributed by atoms with E-state index in [0.717, 1.165) is 12.2 Å². The van der Waals surface area contributed by atoms with E-state index in [1.165, 1.54) is 17.3 Å². The second-order valence-electron chi connectivity index (χ2n) is 6.08. The van der Waals surface area contributed by atoms with Crippen LogP contribution in [0.3, 0.4) is 0 Å². The Kier molecular flexibility index (Phi) is 6.47. The molecule has 2 rings (SSSR count). The topological polar surface area (TPSA) is 66.2 Å². The molecule has 1 aromatic carbocycles. The van der Waals surface area contributed by atoms with Crippen molar-refractivity contribution in [3.8, 4) is 5.75 Å². The molecule has 0 aliphatic carbocycles. The lowest BCUT2D eigenvalue weighted by molar-refractivity contribution is -0.145. The molecule has 0 bridgehead atoms. The number of esters is 1. The number of carbonyl (C=O) groups is 1. The van der Waals surface area contributed by atoms with Crippen molar-refractivity contribution in [2.45, 2.75) is 50.6 Å². The molecule has 6 nitrogen and oxygen atoms in total. The normalized spacial score (nSPS) is 11.4. The third kappa shape index (κ3) is 4.98. The van der Waals surface area contributed by atoms with Crippen molar-refractivity contribution in [1.29, 1.82) is 0 Å². The van der Waals surface area contributed by atoms with E-state index >= 15 is 0 Å². The molecule has 7 heteroatoms. The number of nitrogens with zero attached hydrogens (tertiary/aromatic N) is 3. The third-order valence-corrected chi connectivity index (χ3v) is 4.95. The van der Waals surface area contributed by atoms with Crippen molar-refractivity contribution in [1.82, 2.24) is 14.8 Å². The van der Waals surface area contributed by atoms with Gasteiger partial charge in [-0.1, -0.05) is 30.8 Å². The largest absolute Gasteiger partial charge is 0.486 e. The van der Waals surface area contributed by atoms with Crippen LogP contribution in [0.15, 0.2) is 29.4 Å². The van der Waals surface area contributed by atoms with Crippen LogP contribution in [-0.4, -0.2) is 32.1 Å². The summed E-state index contributed by atoms with van der Waals surface area (Å²) in [7, 11) is 1.86. The van der Waals surface area contributed by atoms with Crippen molar-refractivity contribution < 1.29 is 14.3 Å². The Morgan fingerprint density at radius 3 is 2.48 bits per heavy atom. The Balaban J connectivity index is 2.01. The van der Waals surface area contributed by atoms with Gasteiger partial charge in [0.2, 0.25) is 0 Å². The molecule has 1 heterocycles. The van der Waals surface area contributed by atoms with Gasteiger partial charge in [-0.3, -0.25) is 4.79 Å². The lowest BCUT2D eigenvalue weighted by atomic mass is 10.2. The van der Waals surface area contributed by atoms with Crippen LogP contribution in [0.5, 0.6) is 5.75 Å². The van der Waals surface area contributed by atoms with Gasteiger partial charge in [-0.25, -0.2) is 0 Å². The number of hydrogen-bond acceptors (Lipinski definition) is 6. The summed E-state index contributed by atoms with van der Waals surface area (Å²) in [4.78, 5) is 12.0. The SMILES string of the molecule is CCOC(=O)C(C)(C)Sc1nnc(COc2ccc(CC)cc2)n1C. The van der Waals surface area contributed by atoms with E-state index in [1.54, 1.807) is 6.92 Å². The molecule has 0 unspecified atom stereocenters. The number of thioether (sulfide) groups is 1. The number of carbonyl (C=O) groups excluding carboxylic acids is 1. The quantitative estimate of drug-likeness (QED) is 0.529. The van der Waals surface area contributed by atoms with E-state index < -0.39 is 4.75 Å². The number of ether oxygens (including phenoxy) is 2. The molecule has 0 radical (unpaired) electrons. The molecule has 0 saturated heterocycles. The van der Waals surface area contributed by atoms with Crippen molar-refractivity contribution in [2.75, 3.05) is 6.61 Å². The predicted molar refractivity (Wildman–Crippen MR) is 97.7 cm³/mol. The Morgan fingerprint density at radius 2 is 1.88 bits per heavy atom. The average Bonchev–Trinajstić information content (AvgIpc) is 2.93. The fourth-order valence-electron chi connectivity index (χ4n) is 2.10. The van der Waals surface area contributed by atoms with Gasteiger partial charge < -0.3 is 14.0 Å². The molecule has 0 N–H and O–H groups in total. The molecule has 0 saturated carbocycles. The molecule has 0 aliphatic rings. The highest BCUT2D eigenvalue weighted by molar-refractivity contribution is 8.01. The first kappa shape index (κ1) is 19.3. The summed E-state index contributed by atoms with van der Waals surface area (Å²) in [5.74, 6) is 1.22. The van der Waals surface area contributed by atoms with Gasteiger partial charge in [-0.2, -0.15) is 0 Å². The second-order valence-corrected chi connectivity index (χ2v) is 7.67. The fraction of sp³-hybridized carbons (Fsp3) is 0.500. The number of aromatic nitrogens is 3. The highest BCUT2D eigenvalue weighted by Gasteiger charge is 2.32. The first-order chi connectivity index (χ1) is 11.9. The minimum absolute atomic E-state index is 0.267. The van der Waals surface area contributed by atoms with Crippen LogP contribution in [-0.2, 0) is 29.6 Å². The molecule has 0 amide bonds. The molecule has 1 aromatic heterocycles. The summed E-state index contributed by atoms with van der Waals surface area (Å²) < 4.78 is 12.0. The van der Waals surface area contributed by atoms with E-state index in [-0.39, 0.29) is 5.97 Å². The Morgan fingerprint density at radius 1 is 1.20 bits per heavy atom. The zero-order valence-electron chi connectivity index (χ0n) is 15.4. The van der Waals surface area contributed by atoms with Crippen molar-refractivity contribution in [2.24, 2.45) is 7.05 Å². The van der Waals surface area contributed by atoms with E-state index in [1.807, 2.05) is 37.6 Å². The second kappa shape index (κ2) is 8.38. The van der Waals surface area contributed by atoms with Gasteiger partial charge in [-0.15, -0.1) is 10.2 Å². The summed E-state index contributed by atoms with van der Waals surface area (Å²) in [6.07, 6.45) is 1.00. The van der Waals surface area contributed by atoms with E-state index in [4.69, 9.17) is 9.47 Å². The van der Waals surface area contributed by atoms with E-state index in [0.29, 0.717) is 24.2 Å². The van der Waals surface area contributed by atoms with Gasteiger partial charge in [0.05, 0.1) is 6.61 Å². The highest BCUT2D eigenvalue weighted by atomic mass is 32.2. The van der Waals surface area contributed by atoms with Crippen LogP contribution < -0.4 is 4.74 Å². The van der Waals surface area contributed by atoms with Crippen LogP contribution >= 0.6 is 11.8 Å². The smallest absolute Gasteiger partial charge is 0.322 e. The maximum absolute atomic E-state index is 12.0. The fourth-order valence-corrected chi connectivity index (χ4v) is 3.03. The van der Waals surface area contributed by atoms with E-state index in [9.17, 15) is 4.79 Å². The minimum Gasteiger partial charge on any atom is -0.486 e. The van der Waals surface area contributed by atoms with Crippen LogP contribution in [0.2, 0.25) is 0 Å². The van der Waals surface area contributed by atoms with Crippen molar-refractivity contribution in [3.63, 3.8) is 0 Å². The number of rotatable bonds is 8. The van der Waals surface area contributed by atoms with Crippen LogP contribution in [0, 0.1) is 0 Å². The zero-order chi connectivity index (χ0) is 18.4. The molecule has 0 aliphatic heterocycles. The average molecular weight is 363 g/mol. The van der Waals surface area contributed by atoms with Gasteiger partial charge in [0.15, 0.2) is 11.0 Å². The van der Waals surface area contributed by atoms with Crippen LogP contribution in [0.25, 0.3) is 0 Å². The molecular formula is C18H25N3O3S. The van der Waals surface area contributed by atoms with E-state index in [2.05, 4.69) is 29.3 Å². The monoisotopic (exact) mass is 363 g/mol. The molecule has 136 valence electrons. The minimum atomic E-state index is -0.731. The summed E-state index contributed by atoms with van der Waals surface area (Å²) in [6.45, 7) is 8.22. The maximum Gasteiger partial charge on any atom is 0.322 e. The summed E-state index contributed by atoms with van der Waals surface area (Å²) in [5, 5.41) is 8.99. The maximum atomic E-state index is 12.0. The predicted octanol–water partition coefficient (Wildman–Crippen LogP) is 3.39. The Hall–Kier alpha value is -2.02. The lowest BCUT2D eigenvalue weighted by Crippen LogP contribution is -2.30. The number of hydrogen-bond donors (Lipinski definition) is 0. The number of benzene rings is 1. The molecule has 0 atom stereocenters. The standard InChI is InChI=1S/C18H25N3O3S/c1-6-13-8-10-14(11-9-13)24-12-15-19-20-17(21(15)5)25-18(3,4)16(22)23-7-2/h8-11H,6-7,12H2,1-5H3. The van der Waals surface area contributed by atoms with Crippen LogP contribution in [0.1, 0.15) is 39.1 Å². The highest BCUT2D eigenvalue weighted by Crippen LogP contribution is 2.32. The molecule has 25 heavy (non-hydrogen) atoms. The Labute approximate surface area is 152 Å². The summed E-state index contributed by atoms with van der Waals surface area (Å²) in [6, 6.07) is 8.01. The van der Waals surface area contributed by atoms with Gasteiger partial charge in [0.1, 0.15) is 17.1 Å². The molecule has 2 aromatic rings. The van der Waals surface area contributed by atoms with Crippen LogP contribution in [0.4, 0.5) is 0 Å². The van der Waals surface area contributed by atoms with Gasteiger partial charge in [0, 0.05) is 7.05 Å². The molecular weight excluding hydrogens is 338 g/mol.